The van der Waals surface area contributed by atoms with E-state index in [-0.39, 0.29) is 17.0 Å². The number of hydrogen-bond acceptors (Lipinski definition) is 4. The topological polar surface area (TPSA) is 63.5 Å². The Labute approximate surface area is 125 Å². The molecule has 0 heterocycles. The van der Waals surface area contributed by atoms with E-state index in [4.69, 9.17) is 0 Å². The van der Waals surface area contributed by atoms with E-state index in [1.165, 1.54) is 6.92 Å². The Morgan fingerprint density at radius 3 is 2.57 bits per heavy atom. The number of carbonyl (C=O) groups is 1. The molecular weight excluding hydrogens is 268 g/mol. The maximum Gasteiger partial charge on any atom is 0.282 e. The second-order valence-corrected chi connectivity index (χ2v) is 6.12. The lowest BCUT2D eigenvalue weighted by Crippen LogP contribution is -2.27. The second kappa shape index (κ2) is 6.24. The Bertz CT molecular complexity index is 550. The van der Waals surface area contributed by atoms with Gasteiger partial charge in [0.15, 0.2) is 5.78 Å². The molecule has 0 spiro atoms. The molecule has 0 radical (unpaired) electrons. The van der Waals surface area contributed by atoms with Crippen LogP contribution in [0.4, 0.5) is 11.4 Å². The van der Waals surface area contributed by atoms with Gasteiger partial charge in [0.25, 0.3) is 5.69 Å². The van der Waals surface area contributed by atoms with Gasteiger partial charge >= 0.3 is 0 Å². The molecule has 1 aliphatic carbocycles. The van der Waals surface area contributed by atoms with Crippen molar-refractivity contribution in [1.29, 1.82) is 0 Å². The average molecular weight is 290 g/mol. The molecule has 5 heteroatoms. The van der Waals surface area contributed by atoms with Crippen molar-refractivity contribution in [3.05, 3.63) is 33.9 Å². The van der Waals surface area contributed by atoms with Crippen molar-refractivity contribution in [2.45, 2.75) is 46.1 Å². The van der Waals surface area contributed by atoms with Gasteiger partial charge in [-0.15, -0.1) is 0 Å². The van der Waals surface area contributed by atoms with E-state index in [1.54, 1.807) is 12.1 Å². The smallest absolute Gasteiger partial charge is 0.282 e. The molecule has 1 aromatic rings. The Kier molecular flexibility index (Phi) is 4.60. The van der Waals surface area contributed by atoms with Crippen molar-refractivity contribution >= 4 is 17.2 Å². The maximum atomic E-state index is 11.5. The minimum atomic E-state index is -0.465. The van der Waals surface area contributed by atoms with Gasteiger partial charge in [0.1, 0.15) is 0 Å². The van der Waals surface area contributed by atoms with Gasteiger partial charge in [0.05, 0.1) is 10.5 Å². The third-order valence-corrected chi connectivity index (χ3v) is 3.82. The Morgan fingerprint density at radius 2 is 2.10 bits per heavy atom. The van der Waals surface area contributed by atoms with Gasteiger partial charge in [0.2, 0.25) is 0 Å². The monoisotopic (exact) mass is 290 g/mol. The predicted octanol–water partition coefficient (Wildman–Crippen LogP) is 3.81. The van der Waals surface area contributed by atoms with Crippen LogP contribution in [-0.4, -0.2) is 23.3 Å². The van der Waals surface area contributed by atoms with Crippen molar-refractivity contribution in [2.24, 2.45) is 5.92 Å². The molecule has 1 saturated carbocycles. The van der Waals surface area contributed by atoms with Gasteiger partial charge in [-0.1, -0.05) is 13.8 Å². The highest BCUT2D eigenvalue weighted by Gasteiger charge is 2.30. The van der Waals surface area contributed by atoms with Crippen molar-refractivity contribution in [3.63, 3.8) is 0 Å². The van der Waals surface area contributed by atoms with E-state index in [0.29, 0.717) is 12.0 Å². The Hall–Kier alpha value is -1.91. The third kappa shape index (κ3) is 3.80. The lowest BCUT2D eigenvalue weighted by molar-refractivity contribution is -0.385. The molecule has 0 atom stereocenters. The zero-order valence-electron chi connectivity index (χ0n) is 12.8. The van der Waals surface area contributed by atoms with Crippen LogP contribution in [0.3, 0.4) is 0 Å². The van der Waals surface area contributed by atoms with E-state index in [1.807, 2.05) is 6.07 Å². The average Bonchev–Trinajstić information content (AvgIpc) is 3.22. The molecule has 1 fully saturated rings. The minimum absolute atomic E-state index is 0.0878. The van der Waals surface area contributed by atoms with Crippen molar-refractivity contribution < 1.29 is 9.72 Å². The molecule has 0 aromatic heterocycles. The van der Waals surface area contributed by atoms with Crippen LogP contribution in [0.1, 0.15) is 50.4 Å². The van der Waals surface area contributed by atoms with E-state index in [0.717, 1.165) is 31.5 Å². The zero-order chi connectivity index (χ0) is 15.6. The van der Waals surface area contributed by atoms with Crippen molar-refractivity contribution in [3.8, 4) is 0 Å². The maximum absolute atomic E-state index is 11.5. The lowest BCUT2D eigenvalue weighted by Gasteiger charge is -2.25. The van der Waals surface area contributed by atoms with Crippen LogP contribution < -0.4 is 4.90 Å². The summed E-state index contributed by atoms with van der Waals surface area (Å²) in [4.78, 5) is 24.5. The summed E-state index contributed by atoms with van der Waals surface area (Å²) < 4.78 is 0. The van der Waals surface area contributed by atoms with E-state index < -0.39 is 4.92 Å². The normalized spacial score (nSPS) is 14.3. The number of nitro benzene ring substituents is 1. The van der Waals surface area contributed by atoms with Crippen LogP contribution in [0.25, 0.3) is 0 Å². The quantitative estimate of drug-likeness (QED) is 0.435. The molecule has 1 aliphatic rings. The number of nitrogens with zero attached hydrogens (tertiary/aromatic N) is 2. The fourth-order valence-electron chi connectivity index (χ4n) is 2.45. The van der Waals surface area contributed by atoms with Crippen molar-refractivity contribution in [1.82, 2.24) is 0 Å². The number of ketones is 1. The van der Waals surface area contributed by atoms with Gasteiger partial charge in [0, 0.05) is 24.3 Å². The molecule has 2 rings (SSSR count). The van der Waals surface area contributed by atoms with E-state index in [2.05, 4.69) is 18.7 Å². The summed E-state index contributed by atoms with van der Waals surface area (Å²) in [7, 11) is 0. The fourth-order valence-corrected chi connectivity index (χ4v) is 2.45. The summed E-state index contributed by atoms with van der Waals surface area (Å²) in [5.41, 5.74) is 0.952. The highest BCUT2D eigenvalue weighted by molar-refractivity contribution is 5.98. The SMILES string of the molecule is CC(=O)c1ccc(N(CCC(C)C)C2CC2)cc1[N+](=O)[O-]. The highest BCUT2D eigenvalue weighted by atomic mass is 16.6. The van der Waals surface area contributed by atoms with Crippen LogP contribution in [0.5, 0.6) is 0 Å². The molecule has 0 unspecified atom stereocenters. The first-order valence-electron chi connectivity index (χ1n) is 7.46. The first-order valence-corrected chi connectivity index (χ1v) is 7.46. The Balaban J connectivity index is 2.30. The van der Waals surface area contributed by atoms with Crippen LogP contribution in [0.15, 0.2) is 18.2 Å². The molecule has 21 heavy (non-hydrogen) atoms. The number of benzene rings is 1. The molecule has 5 nitrogen and oxygen atoms in total. The summed E-state index contributed by atoms with van der Waals surface area (Å²) in [5.74, 6) is 0.325. The first-order chi connectivity index (χ1) is 9.90. The predicted molar refractivity (Wildman–Crippen MR) is 82.9 cm³/mol. The second-order valence-electron chi connectivity index (χ2n) is 6.12. The largest absolute Gasteiger partial charge is 0.368 e. The van der Waals surface area contributed by atoms with E-state index >= 15 is 0 Å². The molecule has 0 saturated heterocycles. The van der Waals surface area contributed by atoms with Crippen LogP contribution in [-0.2, 0) is 0 Å². The summed E-state index contributed by atoms with van der Waals surface area (Å²) in [6.45, 7) is 6.61. The summed E-state index contributed by atoms with van der Waals surface area (Å²) >= 11 is 0. The van der Waals surface area contributed by atoms with Gasteiger partial charge in [-0.25, -0.2) is 0 Å². The Morgan fingerprint density at radius 1 is 1.43 bits per heavy atom. The number of rotatable bonds is 7. The number of anilines is 1. The van der Waals surface area contributed by atoms with Crippen LogP contribution >= 0.6 is 0 Å². The summed E-state index contributed by atoms with van der Waals surface area (Å²) in [5, 5.41) is 11.2. The molecule has 0 N–H and O–H groups in total. The van der Waals surface area contributed by atoms with E-state index in [9.17, 15) is 14.9 Å². The lowest BCUT2D eigenvalue weighted by atomic mass is 10.1. The van der Waals surface area contributed by atoms with Crippen LogP contribution in [0.2, 0.25) is 0 Å². The standard InChI is InChI=1S/C16H22N2O3/c1-11(2)8-9-17(13-4-5-13)14-6-7-15(12(3)19)16(10-14)18(20)21/h6-7,10-11,13H,4-5,8-9H2,1-3H3. The molecule has 0 bridgehead atoms. The van der Waals surface area contributed by atoms with Gasteiger partial charge in [-0.05, 0) is 44.2 Å². The van der Waals surface area contributed by atoms with Gasteiger partial charge in [-0.2, -0.15) is 0 Å². The first kappa shape index (κ1) is 15.5. The van der Waals surface area contributed by atoms with Crippen molar-refractivity contribution in [2.75, 3.05) is 11.4 Å². The zero-order valence-corrected chi connectivity index (χ0v) is 12.8. The number of nitro groups is 1. The summed E-state index contributed by atoms with van der Waals surface area (Å²) in [6.07, 6.45) is 3.33. The molecule has 114 valence electrons. The number of Topliss-reactive ketones (excluding diaryl/α,β-unsaturated/α-hetero) is 1. The van der Waals surface area contributed by atoms with Gasteiger partial charge < -0.3 is 4.90 Å². The van der Waals surface area contributed by atoms with Gasteiger partial charge in [-0.3, -0.25) is 14.9 Å². The minimum Gasteiger partial charge on any atom is -0.368 e. The number of hydrogen-bond donors (Lipinski definition) is 0. The highest BCUT2D eigenvalue weighted by Crippen LogP contribution is 2.34. The number of carbonyl (C=O) groups excluding carboxylic acids is 1. The molecule has 0 amide bonds. The molecular formula is C16H22N2O3. The van der Waals surface area contributed by atoms with Crippen LogP contribution in [0, 0.1) is 16.0 Å². The fraction of sp³-hybridized carbons (Fsp3) is 0.562. The molecule has 1 aromatic carbocycles. The third-order valence-electron chi connectivity index (χ3n) is 3.82. The summed E-state index contributed by atoms with van der Waals surface area (Å²) in [6, 6.07) is 5.46. The molecule has 0 aliphatic heterocycles.